The van der Waals surface area contributed by atoms with Gasteiger partial charge >= 0.3 is 5.97 Å². The average molecular weight is 312 g/mol. The highest BCUT2D eigenvalue weighted by atomic mass is 79.9. The van der Waals surface area contributed by atoms with Crippen LogP contribution in [0.2, 0.25) is 0 Å². The monoisotopic (exact) mass is 311 g/mol. The largest absolute Gasteiger partial charge is 0.467 e. The van der Waals surface area contributed by atoms with Crippen LogP contribution in [0.15, 0.2) is 41.4 Å². The number of halogens is 1. The van der Waals surface area contributed by atoms with Crippen LogP contribution < -0.4 is 5.32 Å². The van der Waals surface area contributed by atoms with Crippen LogP contribution in [-0.4, -0.2) is 25.0 Å². The molecule has 1 atom stereocenters. The molecule has 0 saturated heterocycles. The standard InChI is InChI=1S/C13H14BrNO3/c1-3-12(16)15-11(13(17)18-2)8-9-4-6-10(14)7-5-9/h3-7,11H,1,8H2,2H3,(H,15,16)/t11-/m0/s1. The van der Waals surface area contributed by atoms with Gasteiger partial charge in [-0.25, -0.2) is 4.79 Å². The van der Waals surface area contributed by atoms with Crippen LogP contribution in [0.5, 0.6) is 0 Å². The van der Waals surface area contributed by atoms with E-state index >= 15 is 0 Å². The summed E-state index contributed by atoms with van der Waals surface area (Å²) in [7, 11) is 1.29. The Bertz CT molecular complexity index is 442. The first kappa shape index (κ1) is 14.4. The van der Waals surface area contributed by atoms with Crippen LogP contribution >= 0.6 is 15.9 Å². The van der Waals surface area contributed by atoms with E-state index in [0.29, 0.717) is 6.42 Å². The summed E-state index contributed by atoms with van der Waals surface area (Å²) in [6, 6.07) is 6.79. The highest BCUT2D eigenvalue weighted by molar-refractivity contribution is 9.10. The Morgan fingerprint density at radius 2 is 2.06 bits per heavy atom. The molecule has 18 heavy (non-hydrogen) atoms. The van der Waals surface area contributed by atoms with Crippen LogP contribution in [0.3, 0.4) is 0 Å². The highest BCUT2D eigenvalue weighted by Gasteiger charge is 2.20. The van der Waals surface area contributed by atoms with Crippen molar-refractivity contribution in [2.75, 3.05) is 7.11 Å². The topological polar surface area (TPSA) is 55.4 Å². The van der Waals surface area contributed by atoms with E-state index in [1.807, 2.05) is 24.3 Å². The van der Waals surface area contributed by atoms with E-state index in [1.54, 1.807) is 0 Å². The molecule has 0 aliphatic carbocycles. The smallest absolute Gasteiger partial charge is 0.328 e. The Kier molecular flexibility index (Phi) is 5.58. The van der Waals surface area contributed by atoms with Crippen molar-refractivity contribution in [3.63, 3.8) is 0 Å². The minimum absolute atomic E-state index is 0.375. The lowest BCUT2D eigenvalue weighted by Crippen LogP contribution is -2.42. The fourth-order valence-corrected chi connectivity index (χ4v) is 1.69. The Labute approximate surface area is 114 Å². The van der Waals surface area contributed by atoms with Gasteiger partial charge in [0.25, 0.3) is 0 Å². The van der Waals surface area contributed by atoms with Crippen molar-refractivity contribution in [3.05, 3.63) is 47.0 Å². The van der Waals surface area contributed by atoms with Crippen molar-refractivity contribution >= 4 is 27.8 Å². The molecule has 1 amide bonds. The van der Waals surface area contributed by atoms with Crippen molar-refractivity contribution in [3.8, 4) is 0 Å². The number of hydrogen-bond acceptors (Lipinski definition) is 3. The second-order valence-corrected chi connectivity index (χ2v) is 4.53. The van der Waals surface area contributed by atoms with Gasteiger partial charge in [0.1, 0.15) is 6.04 Å². The first-order valence-electron chi connectivity index (χ1n) is 5.32. The van der Waals surface area contributed by atoms with Crippen LogP contribution in [0.1, 0.15) is 5.56 Å². The van der Waals surface area contributed by atoms with Gasteiger partial charge in [0.05, 0.1) is 7.11 Å². The molecule has 0 radical (unpaired) electrons. The number of carbonyl (C=O) groups excluding carboxylic acids is 2. The predicted molar refractivity (Wildman–Crippen MR) is 72.0 cm³/mol. The lowest BCUT2D eigenvalue weighted by atomic mass is 10.1. The molecule has 0 aromatic heterocycles. The molecule has 96 valence electrons. The molecular weight excluding hydrogens is 298 g/mol. The molecule has 0 aliphatic heterocycles. The van der Waals surface area contributed by atoms with Gasteiger partial charge in [0.2, 0.25) is 5.91 Å². The van der Waals surface area contributed by atoms with Crippen LogP contribution in [0, 0.1) is 0 Å². The van der Waals surface area contributed by atoms with Gasteiger partial charge < -0.3 is 10.1 Å². The SMILES string of the molecule is C=CC(=O)N[C@@H](Cc1ccc(Br)cc1)C(=O)OC. The minimum atomic E-state index is -0.707. The third-order valence-electron chi connectivity index (χ3n) is 2.34. The van der Waals surface area contributed by atoms with E-state index in [4.69, 9.17) is 0 Å². The lowest BCUT2D eigenvalue weighted by molar-refractivity contribution is -0.144. The van der Waals surface area contributed by atoms with Crippen molar-refractivity contribution in [1.29, 1.82) is 0 Å². The molecule has 0 bridgehead atoms. The second-order valence-electron chi connectivity index (χ2n) is 3.62. The average Bonchev–Trinajstić information content (AvgIpc) is 2.39. The molecule has 0 fully saturated rings. The van der Waals surface area contributed by atoms with Crippen molar-refractivity contribution in [2.45, 2.75) is 12.5 Å². The molecule has 0 unspecified atom stereocenters. The van der Waals surface area contributed by atoms with Gasteiger partial charge in [-0.05, 0) is 23.8 Å². The summed E-state index contributed by atoms with van der Waals surface area (Å²) in [4.78, 5) is 22.8. The summed E-state index contributed by atoms with van der Waals surface area (Å²) in [5.74, 6) is -0.879. The van der Waals surface area contributed by atoms with E-state index in [0.717, 1.165) is 16.1 Å². The van der Waals surface area contributed by atoms with Crippen molar-refractivity contribution < 1.29 is 14.3 Å². The molecule has 0 aliphatic rings. The van der Waals surface area contributed by atoms with Gasteiger partial charge in [-0.1, -0.05) is 34.6 Å². The fourth-order valence-electron chi connectivity index (χ4n) is 1.42. The van der Waals surface area contributed by atoms with E-state index in [-0.39, 0.29) is 0 Å². The third-order valence-corrected chi connectivity index (χ3v) is 2.87. The van der Waals surface area contributed by atoms with Gasteiger partial charge in [0, 0.05) is 10.9 Å². The number of benzene rings is 1. The zero-order valence-electron chi connectivity index (χ0n) is 9.98. The van der Waals surface area contributed by atoms with E-state index < -0.39 is 17.9 Å². The molecule has 5 heteroatoms. The first-order valence-corrected chi connectivity index (χ1v) is 6.11. The Morgan fingerprint density at radius 1 is 1.44 bits per heavy atom. The molecule has 0 heterocycles. The Balaban J connectivity index is 2.77. The molecule has 1 aromatic rings. The highest BCUT2D eigenvalue weighted by Crippen LogP contribution is 2.12. The number of amides is 1. The van der Waals surface area contributed by atoms with Crippen LogP contribution in [0.25, 0.3) is 0 Å². The number of carbonyl (C=O) groups is 2. The molecule has 1 N–H and O–H groups in total. The second kappa shape index (κ2) is 6.96. The van der Waals surface area contributed by atoms with E-state index in [1.165, 1.54) is 7.11 Å². The first-order chi connectivity index (χ1) is 8.56. The Hall–Kier alpha value is -1.62. The van der Waals surface area contributed by atoms with Crippen molar-refractivity contribution in [2.24, 2.45) is 0 Å². The minimum Gasteiger partial charge on any atom is -0.467 e. The predicted octanol–water partition coefficient (Wildman–Crippen LogP) is 1.84. The normalized spacial score (nSPS) is 11.4. The quantitative estimate of drug-likeness (QED) is 0.667. The zero-order valence-corrected chi connectivity index (χ0v) is 11.6. The lowest BCUT2D eigenvalue weighted by Gasteiger charge is -2.15. The van der Waals surface area contributed by atoms with Gasteiger partial charge in [-0.15, -0.1) is 0 Å². The summed E-state index contributed by atoms with van der Waals surface area (Å²) in [6.07, 6.45) is 1.50. The zero-order chi connectivity index (χ0) is 13.5. The fraction of sp³-hybridized carbons (Fsp3) is 0.231. The summed E-state index contributed by atoms with van der Waals surface area (Å²) in [5.41, 5.74) is 0.929. The number of hydrogen-bond donors (Lipinski definition) is 1. The van der Waals surface area contributed by atoms with Gasteiger partial charge in [0.15, 0.2) is 0 Å². The molecule has 0 saturated carbocycles. The number of methoxy groups -OCH3 is 1. The number of ether oxygens (including phenoxy) is 1. The van der Waals surface area contributed by atoms with Gasteiger partial charge in [-0.2, -0.15) is 0 Å². The van der Waals surface area contributed by atoms with E-state index in [2.05, 4.69) is 32.6 Å². The number of esters is 1. The Morgan fingerprint density at radius 3 is 2.56 bits per heavy atom. The molecular formula is C13H14BrNO3. The maximum atomic E-state index is 11.6. The maximum Gasteiger partial charge on any atom is 0.328 e. The van der Waals surface area contributed by atoms with Crippen molar-refractivity contribution in [1.82, 2.24) is 5.32 Å². The third kappa shape index (κ3) is 4.33. The molecule has 4 nitrogen and oxygen atoms in total. The van der Waals surface area contributed by atoms with Gasteiger partial charge in [-0.3, -0.25) is 4.79 Å². The summed E-state index contributed by atoms with van der Waals surface area (Å²) in [5, 5.41) is 2.54. The summed E-state index contributed by atoms with van der Waals surface area (Å²) >= 11 is 3.33. The van der Waals surface area contributed by atoms with E-state index in [9.17, 15) is 9.59 Å². The van der Waals surface area contributed by atoms with Crippen LogP contribution in [0.4, 0.5) is 0 Å². The summed E-state index contributed by atoms with van der Waals surface area (Å²) in [6.45, 7) is 3.35. The molecule has 0 spiro atoms. The molecule has 1 rings (SSSR count). The molecule has 1 aromatic carbocycles. The number of rotatable bonds is 5. The summed E-state index contributed by atoms with van der Waals surface area (Å²) < 4.78 is 5.61. The number of nitrogens with one attached hydrogen (secondary N) is 1. The maximum absolute atomic E-state index is 11.6. The van der Waals surface area contributed by atoms with Crippen LogP contribution in [-0.2, 0) is 20.7 Å².